The van der Waals surface area contributed by atoms with Gasteiger partial charge in [0.05, 0.1) is 0 Å². The highest BCUT2D eigenvalue weighted by Gasteiger charge is 2.31. The summed E-state index contributed by atoms with van der Waals surface area (Å²) in [6.07, 6.45) is 1.47. The summed E-state index contributed by atoms with van der Waals surface area (Å²) in [5.74, 6) is -2.52. The molecule has 1 aliphatic heterocycles. The Labute approximate surface area is 104 Å². The molecule has 100 valence electrons. The number of sulfonamides is 1. The van der Waals surface area contributed by atoms with Gasteiger partial charge in [-0.3, -0.25) is 0 Å². The van der Waals surface area contributed by atoms with Crippen molar-refractivity contribution in [2.75, 3.05) is 13.1 Å². The fourth-order valence-electron chi connectivity index (χ4n) is 1.99. The molecule has 1 saturated heterocycles. The van der Waals surface area contributed by atoms with Gasteiger partial charge in [-0.2, -0.15) is 4.31 Å². The Kier molecular flexibility index (Phi) is 3.65. The highest BCUT2D eigenvalue weighted by atomic mass is 32.2. The normalized spacial score (nSPS) is 17.3. The molecule has 0 atom stereocenters. The second-order valence-corrected chi connectivity index (χ2v) is 6.11. The van der Waals surface area contributed by atoms with Crippen LogP contribution in [0, 0.1) is 11.6 Å². The molecule has 1 heterocycles. The molecule has 0 radical (unpaired) electrons. The Hall–Kier alpha value is -1.05. The van der Waals surface area contributed by atoms with Crippen molar-refractivity contribution in [1.29, 1.82) is 0 Å². The minimum Gasteiger partial charge on any atom is -0.326 e. The minimum atomic E-state index is -3.96. The Balaban J connectivity index is 2.52. The first-order chi connectivity index (χ1) is 8.46. The molecule has 1 aromatic rings. The molecule has 1 fully saturated rings. The first-order valence-electron chi connectivity index (χ1n) is 5.65. The van der Waals surface area contributed by atoms with Crippen molar-refractivity contribution in [3.63, 3.8) is 0 Å². The van der Waals surface area contributed by atoms with Crippen LogP contribution >= 0.6 is 0 Å². The molecule has 0 bridgehead atoms. The van der Waals surface area contributed by atoms with Gasteiger partial charge in [-0.1, -0.05) is 0 Å². The number of nitrogens with zero attached hydrogens (tertiary/aromatic N) is 1. The zero-order valence-electron chi connectivity index (χ0n) is 9.70. The molecule has 18 heavy (non-hydrogen) atoms. The van der Waals surface area contributed by atoms with Crippen molar-refractivity contribution < 1.29 is 17.2 Å². The van der Waals surface area contributed by atoms with Crippen LogP contribution in [0.5, 0.6) is 0 Å². The standard InChI is InChI=1S/C11H14F2N2O2S/c12-9-5-8(7-14)6-10(11(9)13)18(16,17)15-3-1-2-4-15/h5-6H,1-4,7,14H2. The lowest BCUT2D eigenvalue weighted by atomic mass is 10.2. The van der Waals surface area contributed by atoms with Crippen LogP contribution < -0.4 is 5.73 Å². The topological polar surface area (TPSA) is 63.4 Å². The summed E-state index contributed by atoms with van der Waals surface area (Å²) < 4.78 is 52.5. The highest BCUT2D eigenvalue weighted by Crippen LogP contribution is 2.25. The molecule has 0 aromatic heterocycles. The van der Waals surface area contributed by atoms with E-state index in [-0.39, 0.29) is 12.1 Å². The summed E-state index contributed by atoms with van der Waals surface area (Å²) in [5.41, 5.74) is 5.59. The maximum atomic E-state index is 13.6. The molecule has 0 unspecified atom stereocenters. The van der Waals surface area contributed by atoms with E-state index in [2.05, 4.69) is 0 Å². The molecule has 1 aromatic carbocycles. The third-order valence-electron chi connectivity index (χ3n) is 2.97. The Morgan fingerprint density at radius 3 is 2.39 bits per heavy atom. The molecule has 0 saturated carbocycles. The smallest absolute Gasteiger partial charge is 0.246 e. The SMILES string of the molecule is NCc1cc(F)c(F)c(S(=O)(=O)N2CCCC2)c1. The molecule has 2 N–H and O–H groups in total. The fourth-order valence-corrected chi connectivity index (χ4v) is 3.63. The van der Waals surface area contributed by atoms with Crippen LogP contribution in [0.3, 0.4) is 0 Å². The van der Waals surface area contributed by atoms with E-state index in [0.29, 0.717) is 13.1 Å². The number of nitrogens with two attached hydrogens (primary N) is 1. The van der Waals surface area contributed by atoms with E-state index >= 15 is 0 Å². The quantitative estimate of drug-likeness (QED) is 0.902. The van der Waals surface area contributed by atoms with Gasteiger partial charge in [-0.05, 0) is 30.5 Å². The molecule has 2 rings (SSSR count). The van der Waals surface area contributed by atoms with Crippen LogP contribution in [-0.2, 0) is 16.6 Å². The second-order valence-electron chi connectivity index (χ2n) is 4.21. The van der Waals surface area contributed by atoms with Crippen LogP contribution in [0.4, 0.5) is 8.78 Å². The van der Waals surface area contributed by atoms with Gasteiger partial charge in [0.2, 0.25) is 10.0 Å². The predicted molar refractivity (Wildman–Crippen MR) is 62.2 cm³/mol. The number of hydrogen-bond donors (Lipinski definition) is 1. The lowest BCUT2D eigenvalue weighted by Crippen LogP contribution is -2.29. The van der Waals surface area contributed by atoms with E-state index < -0.39 is 26.6 Å². The molecule has 0 spiro atoms. The fraction of sp³-hybridized carbons (Fsp3) is 0.455. The van der Waals surface area contributed by atoms with Crippen molar-refractivity contribution >= 4 is 10.0 Å². The zero-order valence-corrected chi connectivity index (χ0v) is 10.5. The van der Waals surface area contributed by atoms with E-state index in [1.165, 1.54) is 4.31 Å². The van der Waals surface area contributed by atoms with E-state index in [1.807, 2.05) is 0 Å². The van der Waals surface area contributed by atoms with Crippen molar-refractivity contribution in [1.82, 2.24) is 4.31 Å². The molecule has 0 amide bonds. The summed E-state index contributed by atoms with van der Waals surface area (Å²) in [5, 5.41) is 0. The van der Waals surface area contributed by atoms with Gasteiger partial charge in [-0.15, -0.1) is 0 Å². The van der Waals surface area contributed by atoms with Gasteiger partial charge in [0.1, 0.15) is 4.90 Å². The maximum Gasteiger partial charge on any atom is 0.246 e. The lowest BCUT2D eigenvalue weighted by Gasteiger charge is -2.16. The Morgan fingerprint density at radius 2 is 1.83 bits per heavy atom. The number of benzene rings is 1. The summed E-state index contributed by atoms with van der Waals surface area (Å²) in [7, 11) is -3.96. The van der Waals surface area contributed by atoms with Crippen molar-refractivity contribution in [2.24, 2.45) is 5.73 Å². The molecule has 0 aliphatic carbocycles. The average molecular weight is 276 g/mol. The van der Waals surface area contributed by atoms with Crippen molar-refractivity contribution in [3.05, 3.63) is 29.3 Å². The van der Waals surface area contributed by atoms with E-state index in [1.54, 1.807) is 0 Å². The number of hydrogen-bond acceptors (Lipinski definition) is 3. The van der Waals surface area contributed by atoms with Crippen LogP contribution in [0.15, 0.2) is 17.0 Å². The van der Waals surface area contributed by atoms with Gasteiger partial charge in [0, 0.05) is 19.6 Å². The summed E-state index contributed by atoms with van der Waals surface area (Å²) >= 11 is 0. The van der Waals surface area contributed by atoms with Gasteiger partial charge < -0.3 is 5.73 Å². The van der Waals surface area contributed by atoms with E-state index in [9.17, 15) is 17.2 Å². The van der Waals surface area contributed by atoms with Gasteiger partial charge in [0.25, 0.3) is 0 Å². The number of rotatable bonds is 3. The third-order valence-corrected chi connectivity index (χ3v) is 4.87. The molecular formula is C11H14F2N2O2S. The minimum absolute atomic E-state index is 0.0419. The maximum absolute atomic E-state index is 13.6. The first-order valence-corrected chi connectivity index (χ1v) is 7.09. The van der Waals surface area contributed by atoms with Crippen LogP contribution in [0.25, 0.3) is 0 Å². The van der Waals surface area contributed by atoms with E-state index in [4.69, 9.17) is 5.73 Å². The summed E-state index contributed by atoms with van der Waals surface area (Å²) in [6.45, 7) is 0.645. The second kappa shape index (κ2) is 4.91. The van der Waals surface area contributed by atoms with Gasteiger partial charge >= 0.3 is 0 Å². The molecule has 7 heteroatoms. The summed E-state index contributed by atoms with van der Waals surface area (Å²) in [6, 6.07) is 2.02. The average Bonchev–Trinajstić information content (AvgIpc) is 2.86. The highest BCUT2D eigenvalue weighted by molar-refractivity contribution is 7.89. The molecular weight excluding hydrogens is 262 g/mol. The monoisotopic (exact) mass is 276 g/mol. The largest absolute Gasteiger partial charge is 0.326 e. The van der Waals surface area contributed by atoms with Crippen LogP contribution in [-0.4, -0.2) is 25.8 Å². The Bertz CT molecular complexity index is 554. The van der Waals surface area contributed by atoms with Crippen LogP contribution in [0.2, 0.25) is 0 Å². The van der Waals surface area contributed by atoms with Gasteiger partial charge in [0.15, 0.2) is 11.6 Å². The van der Waals surface area contributed by atoms with Gasteiger partial charge in [-0.25, -0.2) is 17.2 Å². The van der Waals surface area contributed by atoms with Crippen molar-refractivity contribution in [2.45, 2.75) is 24.3 Å². The lowest BCUT2D eigenvalue weighted by molar-refractivity contribution is 0.453. The van der Waals surface area contributed by atoms with E-state index in [0.717, 1.165) is 25.0 Å². The first kappa shape index (κ1) is 13.4. The summed E-state index contributed by atoms with van der Waals surface area (Å²) in [4.78, 5) is -0.621. The molecule has 1 aliphatic rings. The van der Waals surface area contributed by atoms with Crippen molar-refractivity contribution in [3.8, 4) is 0 Å². The number of halogens is 2. The zero-order chi connectivity index (χ0) is 13.3. The molecule has 4 nitrogen and oxygen atoms in total. The third kappa shape index (κ3) is 2.25. The van der Waals surface area contributed by atoms with Crippen LogP contribution in [0.1, 0.15) is 18.4 Å². The predicted octanol–water partition coefficient (Wildman–Crippen LogP) is 1.21. The Morgan fingerprint density at radius 1 is 1.22 bits per heavy atom.